The summed E-state index contributed by atoms with van der Waals surface area (Å²) >= 11 is 0. The molecular formula is C103H127N11O36. The van der Waals surface area contributed by atoms with Crippen LogP contribution in [0.5, 0.6) is 11.5 Å². The van der Waals surface area contributed by atoms with Crippen molar-refractivity contribution in [2.75, 3.05) is 103 Å². The molecule has 810 valence electrons. The van der Waals surface area contributed by atoms with Crippen molar-refractivity contribution in [2.24, 2.45) is 0 Å². The topological polar surface area (TPSA) is 716 Å². The summed E-state index contributed by atoms with van der Waals surface area (Å²) in [6.07, 6.45) is -6.10. The van der Waals surface area contributed by atoms with Gasteiger partial charge in [-0.25, -0.2) is 44.5 Å². The van der Waals surface area contributed by atoms with Crippen LogP contribution < -0.4 is 68.3 Å². The van der Waals surface area contributed by atoms with E-state index in [9.17, 15) is 86.3 Å². The van der Waals surface area contributed by atoms with E-state index in [0.29, 0.717) is 105 Å². The second-order valence-electron chi connectivity index (χ2n) is 30.9. The number of aliphatic hydroxyl groups excluding tert-OH is 1. The number of ether oxygens (including phenoxy) is 8. The highest BCUT2D eigenvalue weighted by Gasteiger charge is 2.26. The average molecular weight is 2100 g/mol. The van der Waals surface area contributed by atoms with Gasteiger partial charge in [0, 0.05) is 186 Å². The molecule has 0 aliphatic heterocycles. The van der Waals surface area contributed by atoms with Crippen molar-refractivity contribution in [1.82, 2.24) is 11.0 Å². The Morgan fingerprint density at radius 1 is 0.253 bits per heavy atom. The monoisotopic (exact) mass is 2090 g/mol. The van der Waals surface area contributed by atoms with E-state index in [1.165, 1.54) is 139 Å². The van der Waals surface area contributed by atoms with Gasteiger partial charge in [-0.05, 0) is 175 Å². The number of aliphatic carboxylic acids is 7. The lowest BCUT2D eigenvalue weighted by Crippen LogP contribution is -2.26. The first kappa shape index (κ1) is 131. The van der Waals surface area contributed by atoms with Crippen LogP contribution in [0.25, 0.3) is 0 Å². The lowest BCUT2D eigenvalue weighted by Gasteiger charge is -2.13. The van der Waals surface area contributed by atoms with Crippen LogP contribution >= 0.6 is 0 Å². The predicted octanol–water partition coefficient (Wildman–Crippen LogP) is 11.5. The van der Waals surface area contributed by atoms with Crippen molar-refractivity contribution >= 4 is 158 Å². The second kappa shape index (κ2) is 71.2. The number of anilines is 9. The van der Waals surface area contributed by atoms with E-state index < -0.39 is 96.3 Å². The number of nitrogens with one attached hydrogen (secondary N) is 11. The van der Waals surface area contributed by atoms with Crippen molar-refractivity contribution < 1.29 is 175 Å². The van der Waals surface area contributed by atoms with Crippen molar-refractivity contribution in [2.45, 2.75) is 151 Å². The smallest absolute Gasteiger partial charge is 0.337 e. The zero-order valence-electron chi connectivity index (χ0n) is 85.2. The van der Waals surface area contributed by atoms with Crippen molar-refractivity contribution in [3.05, 3.63) is 256 Å². The largest absolute Gasteiger partial charge is 0.496 e. The van der Waals surface area contributed by atoms with E-state index in [-0.39, 0.29) is 89.3 Å². The Morgan fingerprint density at radius 2 is 0.540 bits per heavy atom. The summed E-state index contributed by atoms with van der Waals surface area (Å²) in [5.74, 6) is -9.85. The van der Waals surface area contributed by atoms with E-state index in [4.69, 9.17) is 89.2 Å². The fourth-order valence-corrected chi connectivity index (χ4v) is 12.4. The molecule has 0 radical (unpaired) electrons. The average Bonchev–Trinajstić information content (AvgIpc) is 0.844. The maximum atomic E-state index is 11.3. The molecule has 0 heterocycles. The third-order valence-electron chi connectivity index (χ3n) is 18.6. The van der Waals surface area contributed by atoms with Crippen molar-refractivity contribution in [3.8, 4) is 11.5 Å². The minimum Gasteiger partial charge on any atom is -0.496 e. The Kier molecular flexibility index (Phi) is 62.1. The number of benzene rings is 9. The molecule has 0 saturated heterocycles. The van der Waals surface area contributed by atoms with E-state index in [0.717, 1.165) is 16.7 Å². The summed E-state index contributed by atoms with van der Waals surface area (Å²) in [5.41, 5.74) is 13.4. The van der Waals surface area contributed by atoms with Crippen molar-refractivity contribution in [3.63, 3.8) is 0 Å². The minimum absolute atomic E-state index is 0.0166. The predicted molar refractivity (Wildman–Crippen MR) is 548 cm³/mol. The van der Waals surface area contributed by atoms with Gasteiger partial charge in [-0.15, -0.1) is 0 Å². The van der Waals surface area contributed by atoms with Gasteiger partial charge in [0.15, 0.2) is 42.7 Å². The Labute approximate surface area is 863 Å². The standard InChI is InChI=1S/C13H17NO4.4C12H15NO4.2C11H13NO4.2C10H12N2O4/c1-3-18-12(13(16)17)8-10-5-4-6-11(7-10)14-9(2)15;1-8(14)13-10-5-3-9(4-6-10)7-11(17-2)12(15)16;1-8(14)13-10-5-3-4-9(6-10)7-11(17-2)12(15)16;1-3-17-11(12(15)16)9-4-6-10(7-5-9)13-8(2)14;1-3-17-11(12(15)16)9-5-4-6-10(7-9)13-8(2)14;1-7(13)12-9-5-3-8(4-6-9)10(16-2)11(14)15;1-7(13)12-9-4-2-3-8(5-9)6-10(14)11(15)16;1-6(13)11-7-3-4-9(16-2)8(5-7)10(14)12-15;1-6(13)11-7-3-4-8(10(14)12-15)9(5-7)16-2/h4-7,12H,3,8H2,1-2H3,(H,14,15)(H,16,17);2*3-6,11H,7H2,1-2H3,(H,13,14)(H,15,16);2*4-7,11H,3H2,1-2H3,(H,13,14)(H,15,16);3-6,10H,1-2H3,(H,12,13)(H,14,15);2-5,10,14H,6H2,1H3,(H,12,13)(H,15,16);2*3-5,15H,1-2H3,(H,11,13)(H,12,14). The summed E-state index contributed by atoms with van der Waals surface area (Å²) in [4.78, 5) is 196. The zero-order valence-corrected chi connectivity index (χ0v) is 85.2. The number of carboxylic acids is 7. The SMILES string of the molecule is CC(=O)Nc1cccc(CC(O)C(=O)O)c1.CCOC(C(=O)O)c1ccc(NC(C)=O)cc1.CCOC(C(=O)O)c1cccc(NC(C)=O)c1.CCOC(Cc1cccc(NC(C)=O)c1)C(=O)O.COC(C(=O)O)c1ccc(NC(C)=O)cc1.COC(Cc1ccc(NC(C)=O)cc1)C(=O)O.COC(Cc1cccc(NC(C)=O)c1)C(=O)O.COc1cc(NC(C)=O)ccc1C(=O)NO.COc1ccc(NC(C)=O)cc1C(=O)NO. The molecule has 150 heavy (non-hydrogen) atoms. The third-order valence-corrected chi connectivity index (χ3v) is 18.6. The van der Waals surface area contributed by atoms with E-state index >= 15 is 0 Å². The lowest BCUT2D eigenvalue weighted by molar-refractivity contribution is -0.151. The van der Waals surface area contributed by atoms with E-state index in [1.54, 1.807) is 197 Å². The minimum atomic E-state index is -1.42. The number of rotatable bonds is 40. The number of hydroxylamine groups is 2. The highest BCUT2D eigenvalue weighted by molar-refractivity contribution is 6.00. The molecule has 47 heteroatoms. The summed E-state index contributed by atoms with van der Waals surface area (Å²) in [5, 5.41) is 112. The molecule has 47 nitrogen and oxygen atoms in total. The summed E-state index contributed by atoms with van der Waals surface area (Å²) in [7, 11) is 6.85. The van der Waals surface area contributed by atoms with Gasteiger partial charge in [-0.2, -0.15) is 0 Å². The first-order chi connectivity index (χ1) is 70.8. The Hall–Kier alpha value is -17.3. The lowest BCUT2D eigenvalue weighted by atomic mass is 10.1. The van der Waals surface area contributed by atoms with Gasteiger partial charge in [0.05, 0.1) is 25.3 Å². The molecule has 11 amide bonds. The quantitative estimate of drug-likeness (QED) is 0.0125. The molecule has 0 bridgehead atoms. The number of hydrogen-bond acceptors (Lipinski definition) is 29. The van der Waals surface area contributed by atoms with Gasteiger partial charge in [0.25, 0.3) is 11.8 Å². The number of amides is 11. The van der Waals surface area contributed by atoms with Crippen LogP contribution in [0.1, 0.15) is 161 Å². The molecule has 9 aromatic rings. The number of aliphatic hydroxyl groups is 1. The molecule has 21 N–H and O–H groups in total. The van der Waals surface area contributed by atoms with Gasteiger partial charge in [0.1, 0.15) is 11.5 Å². The normalized spacial score (nSPS) is 11.4. The molecule has 0 aromatic heterocycles. The molecule has 9 rings (SSSR count). The maximum absolute atomic E-state index is 11.3. The number of hydrogen-bond donors (Lipinski definition) is 21. The molecule has 9 aromatic carbocycles. The molecule has 0 saturated carbocycles. The van der Waals surface area contributed by atoms with Crippen LogP contribution in [0.3, 0.4) is 0 Å². The van der Waals surface area contributed by atoms with Crippen LogP contribution in [0, 0.1) is 0 Å². The van der Waals surface area contributed by atoms with Crippen LogP contribution in [-0.2, 0) is 131 Å². The molecule has 0 spiro atoms. The Bertz CT molecular complexity index is 5950. The molecule has 7 unspecified atom stereocenters. The second-order valence-corrected chi connectivity index (χ2v) is 30.9. The van der Waals surface area contributed by atoms with Gasteiger partial charge in [-0.3, -0.25) is 63.2 Å². The van der Waals surface area contributed by atoms with Crippen molar-refractivity contribution in [1.29, 1.82) is 0 Å². The Balaban J connectivity index is 0.000000844. The van der Waals surface area contributed by atoms with E-state index in [2.05, 4.69) is 47.9 Å². The highest BCUT2D eigenvalue weighted by atomic mass is 16.5. The zero-order chi connectivity index (χ0) is 113. The number of carboxylic acid groups (broad SMARTS) is 7. The Morgan fingerprint density at radius 3 is 0.860 bits per heavy atom. The van der Waals surface area contributed by atoms with Gasteiger partial charge in [0.2, 0.25) is 53.2 Å². The summed E-state index contributed by atoms with van der Waals surface area (Å²) in [6, 6.07) is 56.4. The highest BCUT2D eigenvalue weighted by Crippen LogP contribution is 2.28. The van der Waals surface area contributed by atoms with Gasteiger partial charge >= 0.3 is 41.8 Å². The van der Waals surface area contributed by atoms with Gasteiger partial charge in [-0.1, -0.05) is 84.9 Å². The molecule has 7 atom stereocenters. The van der Waals surface area contributed by atoms with Crippen LogP contribution in [0.4, 0.5) is 51.2 Å². The fraction of sp³-hybridized carbons (Fsp3) is 0.301. The molecule has 0 aliphatic rings. The maximum Gasteiger partial charge on any atom is 0.337 e. The number of methoxy groups -OCH3 is 5. The molecule has 0 aliphatic carbocycles. The van der Waals surface area contributed by atoms with Gasteiger partial charge < -0.3 is 127 Å². The summed E-state index contributed by atoms with van der Waals surface area (Å²) in [6.45, 7) is 18.8. The molecular weight excluding hydrogens is 1970 g/mol. The fourth-order valence-electron chi connectivity index (χ4n) is 12.4. The first-order valence-corrected chi connectivity index (χ1v) is 45.0. The number of carbonyl (C=O) groups is 18. The summed E-state index contributed by atoms with van der Waals surface area (Å²) < 4.78 is 39.8. The van der Waals surface area contributed by atoms with Crippen LogP contribution in [-0.4, -0.2) is 238 Å². The molecule has 0 fully saturated rings. The van der Waals surface area contributed by atoms with E-state index in [1.807, 2.05) is 0 Å². The first-order valence-electron chi connectivity index (χ1n) is 45.0. The van der Waals surface area contributed by atoms with Crippen LogP contribution in [0.2, 0.25) is 0 Å². The number of carbonyl (C=O) groups excluding carboxylic acids is 11. The van der Waals surface area contributed by atoms with Crippen LogP contribution in [0.15, 0.2) is 206 Å². The third kappa shape index (κ3) is 54.0.